The number of rotatable bonds is 19. The van der Waals surface area contributed by atoms with Gasteiger partial charge in [-0.1, -0.05) is 24.3 Å². The van der Waals surface area contributed by atoms with Gasteiger partial charge in [0.25, 0.3) is 11.8 Å². The fourth-order valence-electron chi connectivity index (χ4n) is 6.99. The van der Waals surface area contributed by atoms with E-state index in [-0.39, 0.29) is 36.4 Å². The summed E-state index contributed by atoms with van der Waals surface area (Å²) in [6, 6.07) is 13.3. The molecule has 58 heavy (non-hydrogen) atoms. The number of carbonyl (C=O) groups is 4. The number of nitrogens with zero attached hydrogens (tertiary/aromatic N) is 2. The predicted octanol–water partition coefficient (Wildman–Crippen LogP) is 5.05. The van der Waals surface area contributed by atoms with Crippen molar-refractivity contribution in [2.45, 2.75) is 90.4 Å². The lowest BCUT2D eigenvalue weighted by Gasteiger charge is -2.18. The number of pyridine rings is 2. The summed E-state index contributed by atoms with van der Waals surface area (Å²) in [7, 11) is 0. The molecule has 0 radical (unpaired) electrons. The highest BCUT2D eigenvalue weighted by Crippen LogP contribution is 2.43. The van der Waals surface area contributed by atoms with E-state index in [1.54, 1.807) is 26.2 Å². The summed E-state index contributed by atoms with van der Waals surface area (Å²) in [5.41, 5.74) is 8.92. The molecule has 0 saturated heterocycles. The molecule has 2 amide bonds. The molecule has 2 atom stereocenters. The van der Waals surface area contributed by atoms with E-state index in [2.05, 4.69) is 31.2 Å². The Balaban J connectivity index is 1.15. The highest BCUT2D eigenvalue weighted by atomic mass is 16.5. The molecule has 6 N–H and O–H groups in total. The van der Waals surface area contributed by atoms with Crippen LogP contribution in [0.3, 0.4) is 0 Å². The van der Waals surface area contributed by atoms with Gasteiger partial charge in [0.15, 0.2) is 0 Å². The Hall–Kier alpha value is -5.54. The smallest absolute Gasteiger partial charge is 0.325 e. The standard InChI is InChI=1S/C44H52N6O8/c1-5-57-43(55)39(23-51)47-21-29-19-45-37(17-33(29)27-13-14-27)41(53)49-35-11-7-9-31(25(35)3)32-10-8-12-36(26(32)4)50-42(54)38-18-34(28-15-16-28)30(20-46-38)22-48-40(24-52)44(56)58-6-2/h7-12,17-20,27-28,39-40,47-48,51-52H,5-6,13-16,21-24H2,1-4H3,(H,49,53)(H,50,54)/t39-,40+. The first kappa shape index (κ1) is 42.1. The fraction of sp³-hybridized carbons (Fsp3) is 0.409. The van der Waals surface area contributed by atoms with Crippen LogP contribution in [0.15, 0.2) is 60.9 Å². The van der Waals surface area contributed by atoms with Crippen molar-refractivity contribution in [3.63, 3.8) is 0 Å². The van der Waals surface area contributed by atoms with Gasteiger partial charge in [0.2, 0.25) is 0 Å². The largest absolute Gasteiger partial charge is 0.465 e. The lowest BCUT2D eigenvalue weighted by atomic mass is 9.94. The number of carbonyl (C=O) groups excluding carboxylic acids is 4. The monoisotopic (exact) mass is 792 g/mol. The minimum Gasteiger partial charge on any atom is -0.465 e. The van der Waals surface area contributed by atoms with Crippen LogP contribution >= 0.6 is 0 Å². The third-order valence-corrected chi connectivity index (χ3v) is 10.6. The van der Waals surface area contributed by atoms with Crippen LogP contribution in [0.1, 0.15) is 106 Å². The van der Waals surface area contributed by atoms with Crippen LogP contribution in [-0.2, 0) is 32.2 Å². The molecule has 2 aliphatic rings. The topological polar surface area (TPSA) is 201 Å². The van der Waals surface area contributed by atoms with Gasteiger partial charge in [0.1, 0.15) is 23.5 Å². The van der Waals surface area contributed by atoms with E-state index in [1.807, 2.05) is 62.4 Å². The summed E-state index contributed by atoms with van der Waals surface area (Å²) in [6.45, 7) is 7.51. The average molecular weight is 793 g/mol. The van der Waals surface area contributed by atoms with Crippen LogP contribution in [0.25, 0.3) is 11.1 Å². The predicted molar refractivity (Wildman–Crippen MR) is 218 cm³/mol. The Morgan fingerprint density at radius 1 is 0.672 bits per heavy atom. The number of aliphatic hydroxyl groups is 2. The van der Waals surface area contributed by atoms with Gasteiger partial charge in [-0.2, -0.15) is 0 Å². The molecule has 2 heterocycles. The summed E-state index contributed by atoms with van der Waals surface area (Å²) in [4.78, 5) is 60.5. The molecule has 14 nitrogen and oxygen atoms in total. The van der Waals surface area contributed by atoms with E-state index in [0.29, 0.717) is 36.3 Å². The maximum Gasteiger partial charge on any atom is 0.325 e. The number of aliphatic hydroxyl groups excluding tert-OH is 2. The SMILES string of the molecule is CCOC(=O)[C@H](CO)NCc1cnc(C(=O)Nc2cccc(-c3cccc(NC(=O)c4cc(C5CC5)c(CN[C@H](CO)C(=O)OCC)cn4)c3C)c2C)cc1C1CC1. The Kier molecular flexibility index (Phi) is 14.0. The average Bonchev–Trinajstić information content (AvgIpc) is 4.16. The summed E-state index contributed by atoms with van der Waals surface area (Å²) in [5, 5.41) is 31.6. The zero-order valence-corrected chi connectivity index (χ0v) is 33.4. The van der Waals surface area contributed by atoms with E-state index in [4.69, 9.17) is 9.47 Å². The Bertz CT molecular complexity index is 2000. The third-order valence-electron chi connectivity index (χ3n) is 10.6. The molecule has 2 aromatic carbocycles. The van der Waals surface area contributed by atoms with Gasteiger partial charge < -0.3 is 30.3 Å². The first-order valence-corrected chi connectivity index (χ1v) is 19.9. The molecular weight excluding hydrogens is 741 g/mol. The Morgan fingerprint density at radius 3 is 1.41 bits per heavy atom. The van der Waals surface area contributed by atoms with Crippen molar-refractivity contribution in [3.05, 3.63) is 106 Å². The van der Waals surface area contributed by atoms with Gasteiger partial charge in [-0.3, -0.25) is 39.8 Å². The fourth-order valence-corrected chi connectivity index (χ4v) is 6.99. The summed E-state index contributed by atoms with van der Waals surface area (Å²) in [6.07, 6.45) is 7.28. The first-order chi connectivity index (χ1) is 28.1. The number of hydrogen-bond donors (Lipinski definition) is 6. The Morgan fingerprint density at radius 2 is 1.07 bits per heavy atom. The molecule has 306 valence electrons. The maximum absolute atomic E-state index is 13.6. The van der Waals surface area contributed by atoms with Crippen LogP contribution < -0.4 is 21.3 Å². The van der Waals surface area contributed by atoms with Crippen LogP contribution in [0.4, 0.5) is 11.4 Å². The van der Waals surface area contributed by atoms with Crippen molar-refractivity contribution in [1.82, 2.24) is 20.6 Å². The summed E-state index contributed by atoms with van der Waals surface area (Å²) in [5.74, 6) is -1.16. The molecule has 6 rings (SSSR count). The first-order valence-electron chi connectivity index (χ1n) is 19.9. The molecule has 2 aliphatic carbocycles. The van der Waals surface area contributed by atoms with E-state index in [0.717, 1.165) is 70.2 Å². The third kappa shape index (κ3) is 10.1. The van der Waals surface area contributed by atoms with E-state index in [9.17, 15) is 29.4 Å². The van der Waals surface area contributed by atoms with E-state index >= 15 is 0 Å². The van der Waals surface area contributed by atoms with Crippen LogP contribution in [-0.4, -0.2) is 82.4 Å². The van der Waals surface area contributed by atoms with Gasteiger partial charge in [-0.05, 0) is 134 Å². The van der Waals surface area contributed by atoms with Gasteiger partial charge >= 0.3 is 11.9 Å². The molecule has 2 aromatic heterocycles. The quantitative estimate of drug-likeness (QED) is 0.0692. The molecular formula is C44H52N6O8. The van der Waals surface area contributed by atoms with Gasteiger partial charge in [0.05, 0.1) is 26.4 Å². The number of nitrogens with one attached hydrogen (secondary N) is 4. The number of benzene rings is 2. The summed E-state index contributed by atoms with van der Waals surface area (Å²) < 4.78 is 10.1. The number of hydrogen-bond acceptors (Lipinski definition) is 12. The van der Waals surface area contributed by atoms with Gasteiger partial charge in [-0.15, -0.1) is 0 Å². The molecule has 14 heteroatoms. The van der Waals surface area contributed by atoms with Crippen LogP contribution in [0.5, 0.6) is 0 Å². The lowest BCUT2D eigenvalue weighted by Crippen LogP contribution is -2.40. The van der Waals surface area contributed by atoms with Crippen LogP contribution in [0, 0.1) is 13.8 Å². The minimum absolute atomic E-state index is 0.216. The zero-order valence-electron chi connectivity index (χ0n) is 33.4. The van der Waals surface area contributed by atoms with Crippen molar-refractivity contribution < 1.29 is 38.9 Å². The molecule has 0 bridgehead atoms. The summed E-state index contributed by atoms with van der Waals surface area (Å²) >= 11 is 0. The van der Waals surface area contributed by atoms with E-state index < -0.39 is 37.2 Å². The highest BCUT2D eigenvalue weighted by Gasteiger charge is 2.30. The van der Waals surface area contributed by atoms with Crippen molar-refractivity contribution in [3.8, 4) is 11.1 Å². The minimum atomic E-state index is -0.858. The highest BCUT2D eigenvalue weighted by molar-refractivity contribution is 6.05. The number of amides is 2. The molecule has 4 aromatic rings. The second-order valence-electron chi connectivity index (χ2n) is 14.7. The molecule has 0 spiro atoms. The molecule has 0 aliphatic heterocycles. The number of aromatic nitrogens is 2. The second kappa shape index (κ2) is 19.3. The lowest BCUT2D eigenvalue weighted by molar-refractivity contribution is -0.147. The van der Waals surface area contributed by atoms with Crippen molar-refractivity contribution >= 4 is 35.1 Å². The normalized spacial score (nSPS) is 14.7. The van der Waals surface area contributed by atoms with Crippen molar-refractivity contribution in [1.29, 1.82) is 0 Å². The molecule has 2 fully saturated rings. The van der Waals surface area contributed by atoms with Crippen molar-refractivity contribution in [2.75, 3.05) is 37.1 Å². The molecule has 0 unspecified atom stereocenters. The van der Waals surface area contributed by atoms with Crippen molar-refractivity contribution in [2.24, 2.45) is 0 Å². The zero-order chi connectivity index (χ0) is 41.3. The number of esters is 2. The van der Waals surface area contributed by atoms with E-state index in [1.165, 1.54) is 0 Å². The Labute approximate surface area is 338 Å². The maximum atomic E-state index is 13.6. The van der Waals surface area contributed by atoms with Gasteiger partial charge in [-0.25, -0.2) is 0 Å². The number of ether oxygens (including phenoxy) is 2. The number of anilines is 2. The van der Waals surface area contributed by atoms with Crippen LogP contribution in [0.2, 0.25) is 0 Å². The van der Waals surface area contributed by atoms with Gasteiger partial charge in [0, 0.05) is 36.9 Å². The second-order valence-corrected chi connectivity index (χ2v) is 14.7. The molecule has 2 saturated carbocycles.